The summed E-state index contributed by atoms with van der Waals surface area (Å²) in [7, 11) is 1.64. The summed E-state index contributed by atoms with van der Waals surface area (Å²) in [6.45, 7) is 3.23. The number of carbonyl (C=O) groups is 1. The van der Waals surface area contributed by atoms with Gasteiger partial charge in [0.2, 0.25) is 0 Å². The molecule has 6 nitrogen and oxygen atoms in total. The van der Waals surface area contributed by atoms with E-state index in [0.717, 1.165) is 45.8 Å². The number of rotatable bonds is 9. The van der Waals surface area contributed by atoms with Crippen molar-refractivity contribution in [1.82, 2.24) is 14.9 Å². The SMILES string of the molecule is COc1cccc(OCCCn2c(C(C)NC(=O)c3cccc(Br)c3)nc3ccccc32)c1. The van der Waals surface area contributed by atoms with Gasteiger partial charge in [0.25, 0.3) is 5.91 Å². The third-order valence-corrected chi connectivity index (χ3v) is 5.84. The molecule has 4 rings (SSSR count). The van der Waals surface area contributed by atoms with Gasteiger partial charge in [-0.25, -0.2) is 4.98 Å². The standard InChI is InChI=1S/C26H26BrN3O3/c1-18(28-26(31)19-8-5-9-20(27)16-19)25-29-23-12-3-4-13-24(23)30(25)14-7-15-33-22-11-6-10-21(17-22)32-2/h3-6,8-13,16-18H,7,14-15H2,1-2H3,(H,28,31). The van der Waals surface area contributed by atoms with E-state index in [2.05, 4.69) is 31.9 Å². The van der Waals surface area contributed by atoms with Crippen molar-refractivity contribution in [2.45, 2.75) is 25.9 Å². The van der Waals surface area contributed by atoms with Crippen LogP contribution >= 0.6 is 15.9 Å². The number of ether oxygens (including phenoxy) is 2. The minimum absolute atomic E-state index is 0.135. The van der Waals surface area contributed by atoms with Crippen LogP contribution in [0.2, 0.25) is 0 Å². The molecule has 0 fully saturated rings. The number of hydrogen-bond acceptors (Lipinski definition) is 4. The predicted molar refractivity (Wildman–Crippen MR) is 133 cm³/mol. The van der Waals surface area contributed by atoms with Gasteiger partial charge in [0.05, 0.1) is 30.8 Å². The summed E-state index contributed by atoms with van der Waals surface area (Å²) in [6, 6.07) is 22.7. The van der Waals surface area contributed by atoms with Gasteiger partial charge in [0.15, 0.2) is 0 Å². The number of hydrogen-bond donors (Lipinski definition) is 1. The fraction of sp³-hybridized carbons (Fsp3) is 0.231. The molecule has 170 valence electrons. The lowest BCUT2D eigenvalue weighted by Crippen LogP contribution is -2.28. The number of halogens is 1. The van der Waals surface area contributed by atoms with Crippen molar-refractivity contribution in [3.8, 4) is 11.5 Å². The summed E-state index contributed by atoms with van der Waals surface area (Å²) >= 11 is 3.42. The van der Waals surface area contributed by atoms with Crippen molar-refractivity contribution in [2.24, 2.45) is 0 Å². The summed E-state index contributed by atoms with van der Waals surface area (Å²) in [4.78, 5) is 17.6. The molecule has 3 aromatic carbocycles. The molecule has 1 heterocycles. The molecule has 1 N–H and O–H groups in total. The molecule has 33 heavy (non-hydrogen) atoms. The molecule has 0 aliphatic heterocycles. The zero-order valence-electron chi connectivity index (χ0n) is 18.6. The van der Waals surface area contributed by atoms with E-state index in [1.165, 1.54) is 0 Å². The number of nitrogens with one attached hydrogen (secondary N) is 1. The van der Waals surface area contributed by atoms with Crippen LogP contribution in [0.15, 0.2) is 77.3 Å². The second-order valence-corrected chi connectivity index (χ2v) is 8.61. The Labute approximate surface area is 201 Å². The number of methoxy groups -OCH3 is 1. The van der Waals surface area contributed by atoms with Crippen LogP contribution in [0.5, 0.6) is 11.5 Å². The van der Waals surface area contributed by atoms with Crippen LogP contribution in [0.3, 0.4) is 0 Å². The lowest BCUT2D eigenvalue weighted by Gasteiger charge is -2.17. The van der Waals surface area contributed by atoms with E-state index >= 15 is 0 Å². The highest BCUT2D eigenvalue weighted by molar-refractivity contribution is 9.10. The lowest BCUT2D eigenvalue weighted by molar-refractivity contribution is 0.0937. The van der Waals surface area contributed by atoms with Gasteiger partial charge in [-0.3, -0.25) is 4.79 Å². The molecule has 0 aliphatic carbocycles. The maximum atomic E-state index is 12.8. The Morgan fingerprint density at radius 3 is 2.67 bits per heavy atom. The molecule has 7 heteroatoms. The van der Waals surface area contributed by atoms with E-state index in [-0.39, 0.29) is 11.9 Å². The van der Waals surface area contributed by atoms with E-state index < -0.39 is 0 Å². The van der Waals surface area contributed by atoms with Crippen molar-refractivity contribution < 1.29 is 14.3 Å². The zero-order chi connectivity index (χ0) is 23.2. The monoisotopic (exact) mass is 507 g/mol. The van der Waals surface area contributed by atoms with Crippen molar-refractivity contribution in [3.05, 3.63) is 88.7 Å². The Morgan fingerprint density at radius 1 is 1.06 bits per heavy atom. The van der Waals surface area contributed by atoms with Crippen molar-refractivity contribution >= 4 is 32.9 Å². The van der Waals surface area contributed by atoms with Gasteiger partial charge in [-0.05, 0) is 55.8 Å². The molecular formula is C26H26BrN3O3. The second kappa shape index (κ2) is 10.5. The molecule has 1 unspecified atom stereocenters. The highest BCUT2D eigenvalue weighted by Gasteiger charge is 2.19. The first kappa shape index (κ1) is 22.9. The first-order valence-electron chi connectivity index (χ1n) is 10.8. The number of para-hydroxylation sites is 2. The Hall–Kier alpha value is -3.32. The van der Waals surface area contributed by atoms with E-state index in [1.807, 2.05) is 61.5 Å². The van der Waals surface area contributed by atoms with E-state index in [0.29, 0.717) is 12.2 Å². The quantitative estimate of drug-likeness (QED) is 0.292. The minimum atomic E-state index is -0.261. The Balaban J connectivity index is 1.47. The fourth-order valence-corrected chi connectivity index (χ4v) is 4.14. The number of aromatic nitrogens is 2. The number of imidazole rings is 1. The van der Waals surface area contributed by atoms with Crippen molar-refractivity contribution in [2.75, 3.05) is 13.7 Å². The molecule has 4 aromatic rings. The first-order chi connectivity index (χ1) is 16.0. The van der Waals surface area contributed by atoms with Gasteiger partial charge in [0, 0.05) is 22.6 Å². The van der Waals surface area contributed by atoms with Gasteiger partial charge in [0.1, 0.15) is 17.3 Å². The first-order valence-corrected chi connectivity index (χ1v) is 11.6. The van der Waals surface area contributed by atoms with Gasteiger partial charge in [-0.1, -0.05) is 40.2 Å². The number of benzene rings is 3. The van der Waals surface area contributed by atoms with Crippen LogP contribution in [-0.2, 0) is 6.54 Å². The van der Waals surface area contributed by atoms with Gasteiger partial charge >= 0.3 is 0 Å². The van der Waals surface area contributed by atoms with E-state index in [4.69, 9.17) is 14.5 Å². The summed E-state index contributed by atoms with van der Waals surface area (Å²) < 4.78 is 14.2. The lowest BCUT2D eigenvalue weighted by atomic mass is 10.2. The minimum Gasteiger partial charge on any atom is -0.497 e. The van der Waals surface area contributed by atoms with Gasteiger partial charge in [-0.2, -0.15) is 0 Å². The average Bonchev–Trinajstić information content (AvgIpc) is 3.20. The zero-order valence-corrected chi connectivity index (χ0v) is 20.2. The van der Waals surface area contributed by atoms with Crippen LogP contribution in [-0.4, -0.2) is 29.2 Å². The summed E-state index contributed by atoms with van der Waals surface area (Å²) in [5, 5.41) is 3.08. The van der Waals surface area contributed by atoms with Crippen LogP contribution in [0, 0.1) is 0 Å². The third-order valence-electron chi connectivity index (χ3n) is 5.34. The summed E-state index contributed by atoms with van der Waals surface area (Å²) in [5.41, 5.74) is 2.55. The normalized spacial score (nSPS) is 11.8. The maximum Gasteiger partial charge on any atom is 0.251 e. The fourth-order valence-electron chi connectivity index (χ4n) is 3.74. The number of aryl methyl sites for hydroxylation is 1. The average molecular weight is 508 g/mol. The van der Waals surface area contributed by atoms with Crippen LogP contribution in [0.25, 0.3) is 11.0 Å². The topological polar surface area (TPSA) is 65.4 Å². The predicted octanol–water partition coefficient (Wildman–Crippen LogP) is 5.77. The summed E-state index contributed by atoms with van der Waals surface area (Å²) in [6.07, 6.45) is 0.789. The van der Waals surface area contributed by atoms with E-state index in [9.17, 15) is 4.79 Å². The highest BCUT2D eigenvalue weighted by atomic mass is 79.9. The molecule has 1 aromatic heterocycles. The third kappa shape index (κ3) is 5.54. The van der Waals surface area contributed by atoms with Gasteiger partial charge < -0.3 is 19.4 Å². The second-order valence-electron chi connectivity index (χ2n) is 7.70. The molecule has 0 spiro atoms. The smallest absolute Gasteiger partial charge is 0.251 e. The Morgan fingerprint density at radius 2 is 1.85 bits per heavy atom. The Kier molecular flexibility index (Phi) is 7.29. The molecule has 0 aliphatic rings. The van der Waals surface area contributed by atoms with Crippen LogP contribution in [0.4, 0.5) is 0 Å². The Bertz CT molecular complexity index is 1250. The molecule has 0 saturated carbocycles. The molecule has 0 saturated heterocycles. The van der Waals surface area contributed by atoms with E-state index in [1.54, 1.807) is 19.2 Å². The van der Waals surface area contributed by atoms with Gasteiger partial charge in [-0.15, -0.1) is 0 Å². The van der Waals surface area contributed by atoms with Crippen LogP contribution < -0.4 is 14.8 Å². The number of nitrogens with zero attached hydrogens (tertiary/aromatic N) is 2. The molecule has 0 bridgehead atoms. The largest absolute Gasteiger partial charge is 0.497 e. The number of carbonyl (C=O) groups excluding carboxylic acids is 1. The summed E-state index contributed by atoms with van der Waals surface area (Å²) in [5.74, 6) is 2.23. The molecule has 1 atom stereocenters. The number of fused-ring (bicyclic) bond motifs is 1. The number of amides is 1. The maximum absolute atomic E-state index is 12.8. The highest BCUT2D eigenvalue weighted by Crippen LogP contribution is 2.23. The van der Waals surface area contributed by atoms with Crippen molar-refractivity contribution in [1.29, 1.82) is 0 Å². The molecular weight excluding hydrogens is 482 g/mol. The van der Waals surface area contributed by atoms with Crippen molar-refractivity contribution in [3.63, 3.8) is 0 Å². The molecule has 0 radical (unpaired) electrons. The molecule has 1 amide bonds. The van der Waals surface area contributed by atoms with Crippen LogP contribution in [0.1, 0.15) is 35.6 Å².